The number of aromatic amines is 1. The second kappa shape index (κ2) is 6.20. The van der Waals surface area contributed by atoms with Crippen LogP contribution >= 0.6 is 11.3 Å². The minimum Gasteiger partial charge on any atom is -0.488 e. The van der Waals surface area contributed by atoms with Crippen molar-refractivity contribution >= 4 is 37.6 Å². The van der Waals surface area contributed by atoms with E-state index in [9.17, 15) is 4.39 Å². The molecule has 138 valence electrons. The Morgan fingerprint density at radius 1 is 1.26 bits per heavy atom. The smallest absolute Gasteiger partial charge is 0.166 e. The van der Waals surface area contributed by atoms with Crippen LogP contribution in [0, 0.1) is 19.7 Å². The lowest BCUT2D eigenvalue weighted by atomic mass is 10.1. The molecule has 3 heterocycles. The highest BCUT2D eigenvalue weighted by atomic mass is 32.1. The van der Waals surface area contributed by atoms with Crippen molar-refractivity contribution in [2.45, 2.75) is 39.3 Å². The Morgan fingerprint density at radius 3 is 2.78 bits per heavy atom. The summed E-state index contributed by atoms with van der Waals surface area (Å²) in [6.45, 7) is 4.67. The molecule has 3 aromatic heterocycles. The summed E-state index contributed by atoms with van der Waals surface area (Å²) in [6.07, 6.45) is 2.58. The summed E-state index contributed by atoms with van der Waals surface area (Å²) in [5.74, 6) is 1.46. The molecule has 0 amide bonds. The summed E-state index contributed by atoms with van der Waals surface area (Å²) in [5.41, 5.74) is 4.04. The number of H-pyrrole nitrogens is 1. The molecule has 1 saturated carbocycles. The maximum atomic E-state index is 13.1. The normalized spacial score (nSPS) is 14.2. The minimum absolute atomic E-state index is 0.230. The van der Waals surface area contributed by atoms with E-state index in [4.69, 9.17) is 9.72 Å². The summed E-state index contributed by atoms with van der Waals surface area (Å²) in [7, 11) is 0. The monoisotopic (exact) mass is 382 g/mol. The summed E-state index contributed by atoms with van der Waals surface area (Å²) < 4.78 is 20.2. The van der Waals surface area contributed by atoms with Gasteiger partial charge < -0.3 is 10.1 Å². The average molecular weight is 382 g/mol. The number of thiophene rings is 1. The third kappa shape index (κ3) is 2.92. The van der Waals surface area contributed by atoms with Gasteiger partial charge in [0.1, 0.15) is 16.4 Å². The fourth-order valence-electron chi connectivity index (χ4n) is 3.30. The number of pyridine rings is 1. The van der Waals surface area contributed by atoms with Gasteiger partial charge in [-0.15, -0.1) is 11.3 Å². The standard InChI is InChI=1S/C20H19FN4OS/c1-10-15-16-18(27-20(15)23-11(2)17(10)26-14-7-8-14)19(25-24-16)22-9-12-3-5-13(21)6-4-12/h3-6,14H,7-9H2,1-2H3,(H2,22,24,25). The van der Waals surface area contributed by atoms with Gasteiger partial charge >= 0.3 is 0 Å². The van der Waals surface area contributed by atoms with Crippen LogP contribution in [0.1, 0.15) is 29.7 Å². The van der Waals surface area contributed by atoms with Crippen LogP contribution in [0.2, 0.25) is 0 Å². The third-order valence-corrected chi connectivity index (χ3v) is 5.97. The quantitative estimate of drug-likeness (QED) is 0.505. The van der Waals surface area contributed by atoms with Crippen LogP contribution in [-0.4, -0.2) is 21.3 Å². The maximum Gasteiger partial charge on any atom is 0.166 e. The third-order valence-electron chi connectivity index (χ3n) is 4.88. The van der Waals surface area contributed by atoms with Crippen molar-refractivity contribution < 1.29 is 9.13 Å². The van der Waals surface area contributed by atoms with E-state index in [0.717, 1.165) is 61.7 Å². The van der Waals surface area contributed by atoms with E-state index in [2.05, 4.69) is 22.4 Å². The molecule has 27 heavy (non-hydrogen) atoms. The Balaban J connectivity index is 1.51. The molecule has 0 atom stereocenters. The zero-order valence-electron chi connectivity index (χ0n) is 15.1. The number of halogens is 1. The second-order valence-electron chi connectivity index (χ2n) is 7.01. The van der Waals surface area contributed by atoms with E-state index in [0.29, 0.717) is 12.6 Å². The molecule has 0 radical (unpaired) electrons. The highest BCUT2D eigenvalue weighted by Crippen LogP contribution is 2.42. The Morgan fingerprint density at radius 2 is 2.04 bits per heavy atom. The average Bonchev–Trinajstić information content (AvgIpc) is 3.29. The van der Waals surface area contributed by atoms with Gasteiger partial charge in [-0.3, -0.25) is 5.10 Å². The van der Waals surface area contributed by atoms with E-state index in [1.165, 1.54) is 12.1 Å². The van der Waals surface area contributed by atoms with E-state index in [1.807, 2.05) is 6.92 Å². The van der Waals surface area contributed by atoms with Gasteiger partial charge in [0.05, 0.1) is 22.0 Å². The molecule has 1 fully saturated rings. The number of aryl methyl sites for hydroxylation is 2. The summed E-state index contributed by atoms with van der Waals surface area (Å²) >= 11 is 1.62. The van der Waals surface area contributed by atoms with Crippen molar-refractivity contribution in [1.82, 2.24) is 15.2 Å². The molecule has 7 heteroatoms. The van der Waals surface area contributed by atoms with Crippen LogP contribution in [0.25, 0.3) is 20.4 Å². The van der Waals surface area contributed by atoms with Gasteiger partial charge in [0.15, 0.2) is 5.82 Å². The van der Waals surface area contributed by atoms with Crippen molar-refractivity contribution in [3.63, 3.8) is 0 Å². The molecule has 0 unspecified atom stereocenters. The fourth-order valence-corrected chi connectivity index (χ4v) is 4.50. The minimum atomic E-state index is -0.230. The van der Waals surface area contributed by atoms with Crippen LogP contribution in [0.4, 0.5) is 10.2 Å². The molecule has 5 nitrogen and oxygen atoms in total. The van der Waals surface area contributed by atoms with Crippen LogP contribution in [0.15, 0.2) is 24.3 Å². The molecule has 1 aromatic carbocycles. The second-order valence-corrected chi connectivity index (χ2v) is 8.01. The predicted octanol–water partition coefficient (Wildman–Crippen LogP) is 5.08. The van der Waals surface area contributed by atoms with Gasteiger partial charge in [0, 0.05) is 17.5 Å². The van der Waals surface area contributed by atoms with E-state index in [1.54, 1.807) is 23.5 Å². The SMILES string of the molecule is Cc1nc2sc3c(NCc4ccc(F)cc4)n[nH]c3c2c(C)c1OC1CC1. The van der Waals surface area contributed by atoms with Crippen LogP contribution < -0.4 is 10.1 Å². The Bertz CT molecular complexity index is 1140. The van der Waals surface area contributed by atoms with Crippen molar-refractivity contribution in [3.05, 3.63) is 46.9 Å². The van der Waals surface area contributed by atoms with Crippen molar-refractivity contribution in [2.75, 3.05) is 5.32 Å². The predicted molar refractivity (Wildman–Crippen MR) is 106 cm³/mol. The lowest BCUT2D eigenvalue weighted by molar-refractivity contribution is 0.298. The fraction of sp³-hybridized carbons (Fsp3) is 0.300. The lowest BCUT2D eigenvalue weighted by Crippen LogP contribution is -2.01. The number of fused-ring (bicyclic) bond motifs is 3. The molecule has 0 bridgehead atoms. The van der Waals surface area contributed by atoms with Crippen LogP contribution in [0.5, 0.6) is 5.75 Å². The molecule has 2 N–H and O–H groups in total. The van der Waals surface area contributed by atoms with Crippen molar-refractivity contribution in [3.8, 4) is 5.75 Å². The molecular weight excluding hydrogens is 363 g/mol. The molecule has 1 aliphatic rings. The highest BCUT2D eigenvalue weighted by Gasteiger charge is 2.27. The van der Waals surface area contributed by atoms with Gasteiger partial charge in [0.2, 0.25) is 0 Å². The van der Waals surface area contributed by atoms with E-state index >= 15 is 0 Å². The Hall–Kier alpha value is -2.67. The molecule has 1 aliphatic carbocycles. The molecule has 0 saturated heterocycles. The van der Waals surface area contributed by atoms with Gasteiger partial charge in [0.25, 0.3) is 0 Å². The number of ether oxygens (including phenoxy) is 1. The van der Waals surface area contributed by atoms with Gasteiger partial charge in [-0.2, -0.15) is 5.10 Å². The van der Waals surface area contributed by atoms with E-state index in [-0.39, 0.29) is 5.82 Å². The first-order valence-corrected chi connectivity index (χ1v) is 9.84. The zero-order valence-corrected chi connectivity index (χ0v) is 15.9. The number of benzene rings is 1. The topological polar surface area (TPSA) is 62.8 Å². The van der Waals surface area contributed by atoms with Crippen molar-refractivity contribution in [2.24, 2.45) is 0 Å². The number of rotatable bonds is 5. The summed E-state index contributed by atoms with van der Waals surface area (Å²) in [4.78, 5) is 5.76. The zero-order chi connectivity index (χ0) is 18.5. The summed E-state index contributed by atoms with van der Waals surface area (Å²) in [5, 5.41) is 12.0. The molecule has 0 spiro atoms. The Kier molecular flexibility index (Phi) is 3.79. The highest BCUT2D eigenvalue weighted by molar-refractivity contribution is 7.26. The van der Waals surface area contributed by atoms with Crippen LogP contribution in [0.3, 0.4) is 0 Å². The van der Waals surface area contributed by atoms with Gasteiger partial charge in [-0.25, -0.2) is 9.37 Å². The first kappa shape index (κ1) is 16.5. The van der Waals surface area contributed by atoms with Gasteiger partial charge in [-0.1, -0.05) is 12.1 Å². The summed E-state index contributed by atoms with van der Waals surface area (Å²) in [6, 6.07) is 6.48. The molecular formula is C20H19FN4OS. The number of anilines is 1. The largest absolute Gasteiger partial charge is 0.488 e. The van der Waals surface area contributed by atoms with Crippen LogP contribution in [-0.2, 0) is 6.54 Å². The first-order valence-electron chi connectivity index (χ1n) is 9.03. The van der Waals surface area contributed by atoms with E-state index < -0.39 is 0 Å². The number of hydrogen-bond donors (Lipinski definition) is 2. The van der Waals surface area contributed by atoms with Crippen molar-refractivity contribution in [1.29, 1.82) is 0 Å². The number of nitrogens with zero attached hydrogens (tertiary/aromatic N) is 2. The lowest BCUT2D eigenvalue weighted by Gasteiger charge is -2.11. The number of hydrogen-bond acceptors (Lipinski definition) is 5. The number of nitrogens with one attached hydrogen (secondary N) is 2. The molecule has 5 rings (SSSR count). The molecule has 0 aliphatic heterocycles. The van der Waals surface area contributed by atoms with Gasteiger partial charge in [-0.05, 0) is 44.4 Å². The molecule has 4 aromatic rings. The first-order chi connectivity index (χ1) is 13.1. The Labute approximate surface area is 159 Å². The maximum absolute atomic E-state index is 13.1. The number of aromatic nitrogens is 3.